The summed E-state index contributed by atoms with van der Waals surface area (Å²) in [5, 5.41) is 13.5. The van der Waals surface area contributed by atoms with E-state index in [1.807, 2.05) is 0 Å². The molecule has 0 atom stereocenters. The van der Waals surface area contributed by atoms with Crippen molar-refractivity contribution in [2.45, 2.75) is 25.7 Å². The molecule has 20 heavy (non-hydrogen) atoms. The maximum absolute atomic E-state index is 12.2. The van der Waals surface area contributed by atoms with Gasteiger partial charge in [0.1, 0.15) is 0 Å². The van der Waals surface area contributed by atoms with Crippen molar-refractivity contribution in [2.75, 3.05) is 18.4 Å². The predicted molar refractivity (Wildman–Crippen MR) is 79.9 cm³/mol. The van der Waals surface area contributed by atoms with E-state index >= 15 is 0 Å². The van der Waals surface area contributed by atoms with E-state index in [0.717, 1.165) is 38.8 Å². The number of nitro benzene ring substituents is 1. The molecule has 2 rings (SSSR count). The number of likely N-dealkylation sites (tertiary alicyclic amines) is 1. The first kappa shape index (κ1) is 14.8. The number of nitrogens with one attached hydrogen (secondary N) is 1. The van der Waals surface area contributed by atoms with Crippen molar-refractivity contribution in [3.05, 3.63) is 32.8 Å². The third kappa shape index (κ3) is 3.69. The minimum Gasteiger partial charge on any atom is -0.325 e. The number of nitro groups is 1. The number of nitrogens with zero attached hydrogens (tertiary/aromatic N) is 2. The van der Waals surface area contributed by atoms with Crippen LogP contribution in [0.5, 0.6) is 0 Å². The lowest BCUT2D eigenvalue weighted by atomic mass is 10.2. The lowest BCUT2D eigenvalue weighted by molar-refractivity contribution is -0.384. The molecule has 1 fully saturated rings. The van der Waals surface area contributed by atoms with E-state index < -0.39 is 4.92 Å². The molecule has 1 heterocycles. The number of carbonyl (C=O) groups excluding carboxylic acids is 1. The van der Waals surface area contributed by atoms with Gasteiger partial charge in [-0.15, -0.1) is 0 Å². The minimum atomic E-state index is -0.478. The molecule has 0 saturated carbocycles. The Morgan fingerprint density at radius 1 is 1.25 bits per heavy atom. The third-order valence-electron chi connectivity index (χ3n) is 3.30. The summed E-state index contributed by atoms with van der Waals surface area (Å²) < 4.78 is 0.631. The van der Waals surface area contributed by atoms with Crippen LogP contribution >= 0.6 is 15.9 Å². The van der Waals surface area contributed by atoms with Gasteiger partial charge in [0.05, 0.1) is 10.6 Å². The van der Waals surface area contributed by atoms with Crippen LogP contribution in [0.3, 0.4) is 0 Å². The number of carbonyl (C=O) groups is 1. The summed E-state index contributed by atoms with van der Waals surface area (Å²) in [6, 6.07) is 4.12. The van der Waals surface area contributed by atoms with E-state index in [0.29, 0.717) is 10.2 Å². The topological polar surface area (TPSA) is 75.5 Å². The zero-order valence-electron chi connectivity index (χ0n) is 11.0. The molecule has 1 aromatic carbocycles. The van der Waals surface area contributed by atoms with E-state index in [-0.39, 0.29) is 11.7 Å². The zero-order chi connectivity index (χ0) is 14.5. The molecule has 0 radical (unpaired) electrons. The van der Waals surface area contributed by atoms with Crippen LogP contribution in [-0.2, 0) is 0 Å². The van der Waals surface area contributed by atoms with Crippen LogP contribution in [0.15, 0.2) is 22.7 Å². The fraction of sp³-hybridized carbons (Fsp3) is 0.462. The molecule has 1 aliphatic heterocycles. The van der Waals surface area contributed by atoms with Gasteiger partial charge in [-0.3, -0.25) is 10.1 Å². The van der Waals surface area contributed by atoms with Crippen molar-refractivity contribution in [3.63, 3.8) is 0 Å². The highest BCUT2D eigenvalue weighted by molar-refractivity contribution is 9.10. The van der Waals surface area contributed by atoms with Gasteiger partial charge in [-0.1, -0.05) is 12.8 Å². The van der Waals surface area contributed by atoms with Gasteiger partial charge in [-0.25, -0.2) is 4.79 Å². The molecule has 0 aromatic heterocycles. The van der Waals surface area contributed by atoms with Crippen molar-refractivity contribution in [1.29, 1.82) is 0 Å². The minimum absolute atomic E-state index is 0.0423. The van der Waals surface area contributed by atoms with E-state index in [4.69, 9.17) is 0 Å². The first-order valence-corrected chi connectivity index (χ1v) is 7.37. The second-order valence-corrected chi connectivity index (χ2v) is 5.61. The number of hydrogen-bond acceptors (Lipinski definition) is 3. The molecule has 1 aliphatic rings. The van der Waals surface area contributed by atoms with E-state index in [2.05, 4.69) is 21.2 Å². The number of benzene rings is 1. The number of non-ortho nitro benzene ring substituents is 1. The number of halogens is 1. The van der Waals surface area contributed by atoms with Crippen molar-refractivity contribution >= 4 is 33.3 Å². The molecular formula is C13H16BrN3O3. The predicted octanol–water partition coefficient (Wildman–Crippen LogP) is 3.77. The van der Waals surface area contributed by atoms with Crippen LogP contribution in [0, 0.1) is 10.1 Å². The summed E-state index contributed by atoms with van der Waals surface area (Å²) in [5.41, 5.74) is 0.382. The highest BCUT2D eigenvalue weighted by atomic mass is 79.9. The Balaban J connectivity index is 2.10. The SMILES string of the molecule is O=C(Nc1cc([N+](=O)[O-])ccc1Br)N1CCCCCC1. The molecule has 0 bridgehead atoms. The van der Waals surface area contributed by atoms with Gasteiger partial charge >= 0.3 is 6.03 Å². The van der Waals surface area contributed by atoms with Gasteiger partial charge in [-0.2, -0.15) is 0 Å². The quantitative estimate of drug-likeness (QED) is 0.657. The van der Waals surface area contributed by atoms with Crippen LogP contribution in [-0.4, -0.2) is 28.9 Å². The molecule has 6 nitrogen and oxygen atoms in total. The molecule has 7 heteroatoms. The molecule has 1 saturated heterocycles. The van der Waals surface area contributed by atoms with E-state index in [1.165, 1.54) is 12.1 Å². The summed E-state index contributed by atoms with van der Waals surface area (Å²) in [6.07, 6.45) is 4.29. The first-order chi connectivity index (χ1) is 9.58. The molecular weight excluding hydrogens is 326 g/mol. The Hall–Kier alpha value is -1.63. The summed E-state index contributed by atoms with van der Waals surface area (Å²) in [6.45, 7) is 1.47. The summed E-state index contributed by atoms with van der Waals surface area (Å²) in [4.78, 5) is 24.2. The molecule has 0 aliphatic carbocycles. The smallest absolute Gasteiger partial charge is 0.321 e. The lowest BCUT2D eigenvalue weighted by Gasteiger charge is -2.21. The average molecular weight is 342 g/mol. The molecule has 1 aromatic rings. The highest BCUT2D eigenvalue weighted by Gasteiger charge is 2.17. The van der Waals surface area contributed by atoms with Gasteiger partial charge < -0.3 is 10.2 Å². The average Bonchev–Trinajstić information content (AvgIpc) is 2.70. The van der Waals surface area contributed by atoms with E-state index in [9.17, 15) is 14.9 Å². The monoisotopic (exact) mass is 341 g/mol. The molecule has 0 spiro atoms. The van der Waals surface area contributed by atoms with Gasteiger partial charge in [-0.05, 0) is 34.8 Å². The maximum Gasteiger partial charge on any atom is 0.321 e. The van der Waals surface area contributed by atoms with Gasteiger partial charge in [0, 0.05) is 29.7 Å². The van der Waals surface area contributed by atoms with Crippen LogP contribution < -0.4 is 5.32 Å². The molecule has 1 N–H and O–H groups in total. The fourth-order valence-corrected chi connectivity index (χ4v) is 2.54. The lowest BCUT2D eigenvalue weighted by Crippen LogP contribution is -2.35. The van der Waals surface area contributed by atoms with E-state index in [1.54, 1.807) is 11.0 Å². The zero-order valence-corrected chi connectivity index (χ0v) is 12.6. The fourth-order valence-electron chi connectivity index (χ4n) is 2.19. The second-order valence-electron chi connectivity index (χ2n) is 4.75. The Morgan fingerprint density at radius 3 is 2.50 bits per heavy atom. The summed E-state index contributed by atoms with van der Waals surface area (Å²) in [5.74, 6) is 0. The van der Waals surface area contributed by atoms with Crippen LogP contribution in [0.1, 0.15) is 25.7 Å². The maximum atomic E-state index is 12.2. The van der Waals surface area contributed by atoms with Crippen LogP contribution in [0.2, 0.25) is 0 Å². The highest BCUT2D eigenvalue weighted by Crippen LogP contribution is 2.27. The second kappa shape index (κ2) is 6.69. The number of urea groups is 1. The Morgan fingerprint density at radius 2 is 1.90 bits per heavy atom. The Labute approximate surface area is 125 Å². The number of amides is 2. The Kier molecular flexibility index (Phi) is 4.94. The van der Waals surface area contributed by atoms with Crippen LogP contribution in [0.25, 0.3) is 0 Å². The molecule has 108 valence electrons. The number of rotatable bonds is 2. The van der Waals surface area contributed by atoms with Crippen molar-refractivity contribution < 1.29 is 9.72 Å². The third-order valence-corrected chi connectivity index (χ3v) is 3.99. The van der Waals surface area contributed by atoms with Gasteiger partial charge in [0.2, 0.25) is 0 Å². The number of anilines is 1. The first-order valence-electron chi connectivity index (χ1n) is 6.58. The molecule has 0 unspecified atom stereocenters. The van der Waals surface area contributed by atoms with Crippen molar-refractivity contribution in [1.82, 2.24) is 4.90 Å². The Bertz CT molecular complexity index is 514. The summed E-state index contributed by atoms with van der Waals surface area (Å²) >= 11 is 3.29. The largest absolute Gasteiger partial charge is 0.325 e. The van der Waals surface area contributed by atoms with Crippen LogP contribution in [0.4, 0.5) is 16.2 Å². The standard InChI is InChI=1S/C13H16BrN3O3/c14-11-6-5-10(17(19)20)9-12(11)15-13(18)16-7-3-1-2-4-8-16/h5-6,9H,1-4,7-8H2,(H,15,18). The normalized spacial score (nSPS) is 15.6. The van der Waals surface area contributed by atoms with Crippen molar-refractivity contribution in [3.8, 4) is 0 Å². The van der Waals surface area contributed by atoms with Crippen molar-refractivity contribution in [2.24, 2.45) is 0 Å². The van der Waals surface area contributed by atoms with Gasteiger partial charge in [0.25, 0.3) is 5.69 Å². The molecule has 2 amide bonds. The van der Waals surface area contributed by atoms with Gasteiger partial charge in [0.15, 0.2) is 0 Å². The summed E-state index contributed by atoms with van der Waals surface area (Å²) in [7, 11) is 0. The number of hydrogen-bond donors (Lipinski definition) is 1.